The van der Waals surface area contributed by atoms with E-state index in [-0.39, 0.29) is 17.7 Å². The fourth-order valence-corrected chi connectivity index (χ4v) is 2.53. The summed E-state index contributed by atoms with van der Waals surface area (Å²) in [6.45, 7) is 2.80. The zero-order valence-electron chi connectivity index (χ0n) is 11.2. The number of aromatic nitrogens is 1. The highest BCUT2D eigenvalue weighted by atomic mass is 16.5. The Kier molecular flexibility index (Phi) is 3.28. The molecule has 0 saturated carbocycles. The average molecular weight is 272 g/mol. The maximum absolute atomic E-state index is 11.2. The van der Waals surface area contributed by atoms with E-state index in [9.17, 15) is 4.79 Å². The molecule has 1 aromatic carbocycles. The third kappa shape index (κ3) is 2.32. The van der Waals surface area contributed by atoms with Gasteiger partial charge in [0.25, 0.3) is 0 Å². The molecule has 1 aliphatic rings. The molecule has 2 atom stereocenters. The van der Waals surface area contributed by atoms with Gasteiger partial charge in [0.15, 0.2) is 0 Å². The van der Waals surface area contributed by atoms with Crippen LogP contribution in [0.1, 0.15) is 23.7 Å². The molecule has 1 aromatic heterocycles. The van der Waals surface area contributed by atoms with Crippen LogP contribution < -0.4 is 5.32 Å². The van der Waals surface area contributed by atoms with Crippen molar-refractivity contribution < 1.29 is 14.6 Å². The SMILES string of the molecule is CC1OCCC1Nc1ccc2c(C(=O)O)cccc2n1. The number of pyridine rings is 1. The summed E-state index contributed by atoms with van der Waals surface area (Å²) in [5.41, 5.74) is 0.959. The fourth-order valence-electron chi connectivity index (χ4n) is 2.53. The summed E-state index contributed by atoms with van der Waals surface area (Å²) >= 11 is 0. The zero-order chi connectivity index (χ0) is 14.1. The van der Waals surface area contributed by atoms with E-state index in [1.807, 2.05) is 19.1 Å². The van der Waals surface area contributed by atoms with Crippen molar-refractivity contribution in [2.24, 2.45) is 0 Å². The number of aromatic carboxylic acids is 1. The van der Waals surface area contributed by atoms with Crippen molar-refractivity contribution in [1.29, 1.82) is 0 Å². The third-order valence-electron chi connectivity index (χ3n) is 3.67. The number of fused-ring (bicyclic) bond motifs is 1. The molecule has 0 spiro atoms. The summed E-state index contributed by atoms with van der Waals surface area (Å²) in [6.07, 6.45) is 1.12. The lowest BCUT2D eigenvalue weighted by molar-refractivity contribution is 0.0699. The molecule has 0 bridgehead atoms. The maximum atomic E-state index is 11.2. The molecule has 1 saturated heterocycles. The predicted molar refractivity (Wildman–Crippen MR) is 76.1 cm³/mol. The Labute approximate surface area is 116 Å². The van der Waals surface area contributed by atoms with Crippen molar-refractivity contribution in [2.75, 3.05) is 11.9 Å². The summed E-state index contributed by atoms with van der Waals surface area (Å²) in [6, 6.07) is 8.99. The number of nitrogens with one attached hydrogen (secondary N) is 1. The standard InChI is InChI=1S/C15H16N2O3/c1-9-12(7-8-20-9)16-14-6-5-10-11(15(18)19)3-2-4-13(10)17-14/h2-6,9,12H,7-8H2,1H3,(H,16,17)(H,18,19). The van der Waals surface area contributed by atoms with Gasteiger partial charge >= 0.3 is 5.97 Å². The first-order valence-corrected chi connectivity index (χ1v) is 6.66. The van der Waals surface area contributed by atoms with E-state index >= 15 is 0 Å². The summed E-state index contributed by atoms with van der Waals surface area (Å²) in [5, 5.41) is 13.2. The van der Waals surface area contributed by atoms with E-state index in [4.69, 9.17) is 9.84 Å². The summed E-state index contributed by atoms with van der Waals surface area (Å²) < 4.78 is 5.51. The van der Waals surface area contributed by atoms with Gasteiger partial charge in [-0.3, -0.25) is 0 Å². The summed E-state index contributed by atoms with van der Waals surface area (Å²) in [5.74, 6) is -0.182. The van der Waals surface area contributed by atoms with Crippen LogP contribution in [0.3, 0.4) is 0 Å². The third-order valence-corrected chi connectivity index (χ3v) is 3.67. The molecular weight excluding hydrogens is 256 g/mol. The molecule has 0 amide bonds. The van der Waals surface area contributed by atoms with Crippen LogP contribution in [-0.2, 0) is 4.74 Å². The Morgan fingerprint density at radius 2 is 2.25 bits per heavy atom. The highest BCUT2D eigenvalue weighted by molar-refractivity contribution is 6.02. The Bertz CT molecular complexity index is 657. The smallest absolute Gasteiger partial charge is 0.336 e. The van der Waals surface area contributed by atoms with Crippen LogP contribution in [-0.4, -0.2) is 34.8 Å². The molecule has 1 fully saturated rings. The lowest BCUT2D eigenvalue weighted by atomic mass is 10.1. The van der Waals surface area contributed by atoms with Crippen LogP contribution in [0.25, 0.3) is 10.9 Å². The minimum absolute atomic E-state index is 0.165. The Balaban J connectivity index is 1.93. The largest absolute Gasteiger partial charge is 0.478 e. The number of ether oxygens (including phenoxy) is 1. The number of benzene rings is 1. The molecule has 2 unspecified atom stereocenters. The van der Waals surface area contributed by atoms with Crippen LogP contribution in [0.2, 0.25) is 0 Å². The number of hydrogen-bond acceptors (Lipinski definition) is 4. The van der Waals surface area contributed by atoms with E-state index in [1.165, 1.54) is 0 Å². The summed E-state index contributed by atoms with van der Waals surface area (Å²) in [7, 11) is 0. The maximum Gasteiger partial charge on any atom is 0.336 e. The van der Waals surface area contributed by atoms with Crippen molar-refractivity contribution in [3.05, 3.63) is 35.9 Å². The van der Waals surface area contributed by atoms with Gasteiger partial charge in [-0.2, -0.15) is 0 Å². The monoisotopic (exact) mass is 272 g/mol. The predicted octanol–water partition coefficient (Wildman–Crippen LogP) is 2.52. The number of carboxylic acid groups (broad SMARTS) is 1. The molecule has 20 heavy (non-hydrogen) atoms. The van der Waals surface area contributed by atoms with Gasteiger partial charge in [-0.1, -0.05) is 6.07 Å². The van der Waals surface area contributed by atoms with Gasteiger partial charge in [-0.05, 0) is 37.6 Å². The first kappa shape index (κ1) is 12.9. The Morgan fingerprint density at radius 1 is 1.40 bits per heavy atom. The van der Waals surface area contributed by atoms with Crippen LogP contribution >= 0.6 is 0 Å². The highest BCUT2D eigenvalue weighted by Crippen LogP contribution is 2.22. The quantitative estimate of drug-likeness (QED) is 0.898. The molecule has 2 aromatic rings. The molecular formula is C15H16N2O3. The van der Waals surface area contributed by atoms with Crippen molar-refractivity contribution >= 4 is 22.7 Å². The number of carbonyl (C=O) groups is 1. The van der Waals surface area contributed by atoms with Gasteiger partial charge < -0.3 is 15.2 Å². The molecule has 5 heteroatoms. The minimum atomic E-state index is -0.934. The molecule has 104 valence electrons. The molecule has 2 heterocycles. The number of hydrogen-bond donors (Lipinski definition) is 2. The van der Waals surface area contributed by atoms with Crippen molar-refractivity contribution in [2.45, 2.75) is 25.5 Å². The van der Waals surface area contributed by atoms with Crippen molar-refractivity contribution in [1.82, 2.24) is 4.98 Å². The van der Waals surface area contributed by atoms with Gasteiger partial charge in [0.2, 0.25) is 0 Å². The Hall–Kier alpha value is -2.14. The molecule has 0 aliphatic carbocycles. The van der Waals surface area contributed by atoms with Gasteiger partial charge in [0.1, 0.15) is 5.82 Å². The van der Waals surface area contributed by atoms with Gasteiger partial charge in [0.05, 0.1) is 23.2 Å². The van der Waals surface area contributed by atoms with E-state index < -0.39 is 5.97 Å². The Morgan fingerprint density at radius 3 is 2.95 bits per heavy atom. The van der Waals surface area contributed by atoms with Crippen LogP contribution in [0.15, 0.2) is 30.3 Å². The second-order valence-electron chi connectivity index (χ2n) is 4.99. The zero-order valence-corrected chi connectivity index (χ0v) is 11.2. The number of nitrogens with zero attached hydrogens (tertiary/aromatic N) is 1. The second kappa shape index (κ2) is 5.09. The van der Waals surface area contributed by atoms with Crippen molar-refractivity contribution in [3.8, 4) is 0 Å². The van der Waals surface area contributed by atoms with Crippen LogP contribution in [0, 0.1) is 0 Å². The molecule has 3 rings (SSSR count). The summed E-state index contributed by atoms with van der Waals surface area (Å²) in [4.78, 5) is 15.6. The first-order valence-electron chi connectivity index (χ1n) is 6.66. The topological polar surface area (TPSA) is 71.5 Å². The van der Waals surface area contributed by atoms with Crippen LogP contribution in [0.5, 0.6) is 0 Å². The van der Waals surface area contributed by atoms with Crippen molar-refractivity contribution in [3.63, 3.8) is 0 Å². The van der Waals surface area contributed by atoms with Gasteiger partial charge in [-0.25, -0.2) is 9.78 Å². The molecule has 5 nitrogen and oxygen atoms in total. The minimum Gasteiger partial charge on any atom is -0.478 e. The van der Waals surface area contributed by atoms with E-state index in [1.54, 1.807) is 18.2 Å². The lowest BCUT2D eigenvalue weighted by Crippen LogP contribution is -2.27. The lowest BCUT2D eigenvalue weighted by Gasteiger charge is -2.17. The highest BCUT2D eigenvalue weighted by Gasteiger charge is 2.24. The van der Waals surface area contributed by atoms with E-state index in [0.717, 1.165) is 18.8 Å². The normalized spacial score (nSPS) is 22.1. The fraction of sp³-hybridized carbons (Fsp3) is 0.333. The van der Waals surface area contributed by atoms with E-state index in [2.05, 4.69) is 10.3 Å². The first-order chi connectivity index (χ1) is 9.65. The molecule has 1 aliphatic heterocycles. The van der Waals surface area contributed by atoms with Crippen LogP contribution in [0.4, 0.5) is 5.82 Å². The average Bonchev–Trinajstić information content (AvgIpc) is 2.83. The van der Waals surface area contributed by atoms with Gasteiger partial charge in [0, 0.05) is 12.0 Å². The van der Waals surface area contributed by atoms with E-state index in [0.29, 0.717) is 10.9 Å². The number of anilines is 1. The van der Waals surface area contributed by atoms with Gasteiger partial charge in [-0.15, -0.1) is 0 Å². The molecule has 2 N–H and O–H groups in total. The number of carboxylic acids is 1. The number of rotatable bonds is 3. The second-order valence-corrected chi connectivity index (χ2v) is 4.99. The molecule has 0 radical (unpaired) electrons.